The Morgan fingerprint density at radius 3 is 2.77 bits per heavy atom. The molecular weight excluding hydrogens is 326 g/mol. The zero-order valence-corrected chi connectivity index (χ0v) is 15.1. The van der Waals surface area contributed by atoms with Gasteiger partial charge >= 0.3 is 0 Å². The summed E-state index contributed by atoms with van der Waals surface area (Å²) >= 11 is 0. The first-order valence-electron chi connectivity index (χ1n) is 9.04. The summed E-state index contributed by atoms with van der Waals surface area (Å²) in [5.74, 6) is 0.832. The average Bonchev–Trinajstić information content (AvgIpc) is 3.05. The van der Waals surface area contributed by atoms with Gasteiger partial charge in [0, 0.05) is 25.0 Å². The summed E-state index contributed by atoms with van der Waals surface area (Å²) in [5.41, 5.74) is 4.00. The van der Waals surface area contributed by atoms with Crippen LogP contribution in [0.25, 0.3) is 5.65 Å². The fraction of sp³-hybridized carbons (Fsp3) is 0.350. The molecule has 1 N–H and O–H groups in total. The van der Waals surface area contributed by atoms with Crippen LogP contribution in [0.3, 0.4) is 0 Å². The normalized spacial score (nSPS) is 17.5. The summed E-state index contributed by atoms with van der Waals surface area (Å²) in [4.78, 5) is 15.0. The van der Waals surface area contributed by atoms with Gasteiger partial charge in [0.05, 0.1) is 5.92 Å². The van der Waals surface area contributed by atoms with Crippen molar-refractivity contribution >= 4 is 23.2 Å². The van der Waals surface area contributed by atoms with E-state index in [4.69, 9.17) is 0 Å². The number of nitrogens with zero attached hydrogens (tertiary/aromatic N) is 4. The van der Waals surface area contributed by atoms with E-state index in [0.717, 1.165) is 47.8 Å². The van der Waals surface area contributed by atoms with Crippen LogP contribution >= 0.6 is 0 Å². The molecule has 2 aromatic heterocycles. The van der Waals surface area contributed by atoms with Crippen LogP contribution in [0.1, 0.15) is 24.0 Å². The maximum atomic E-state index is 12.8. The monoisotopic (exact) mass is 349 g/mol. The molecule has 3 aromatic rings. The third-order valence-electron chi connectivity index (χ3n) is 4.86. The SMILES string of the molecule is Cc1cc(C)cc(NC(=O)[C@H]2CCCN(c3nnc4ccccn34)C2)c1. The number of carbonyl (C=O) groups excluding carboxylic acids is 1. The molecule has 134 valence electrons. The Balaban J connectivity index is 1.50. The van der Waals surface area contributed by atoms with Crippen LogP contribution in [-0.2, 0) is 4.79 Å². The number of aryl methyl sites for hydroxylation is 2. The fourth-order valence-electron chi connectivity index (χ4n) is 3.71. The summed E-state index contributed by atoms with van der Waals surface area (Å²) in [5, 5.41) is 11.6. The number of pyridine rings is 1. The zero-order chi connectivity index (χ0) is 18.1. The lowest BCUT2D eigenvalue weighted by Crippen LogP contribution is -2.41. The van der Waals surface area contributed by atoms with Gasteiger partial charge in [0.2, 0.25) is 11.9 Å². The molecule has 26 heavy (non-hydrogen) atoms. The number of piperidine rings is 1. The highest BCUT2D eigenvalue weighted by Gasteiger charge is 2.28. The van der Waals surface area contributed by atoms with Gasteiger partial charge in [-0.3, -0.25) is 9.20 Å². The minimum atomic E-state index is -0.0550. The molecule has 0 spiro atoms. The number of anilines is 2. The van der Waals surface area contributed by atoms with Crippen molar-refractivity contribution in [3.8, 4) is 0 Å². The maximum absolute atomic E-state index is 12.8. The van der Waals surface area contributed by atoms with Gasteiger partial charge < -0.3 is 10.2 Å². The average molecular weight is 349 g/mol. The summed E-state index contributed by atoms with van der Waals surface area (Å²) in [6, 6.07) is 12.0. The Hall–Kier alpha value is -2.89. The highest BCUT2D eigenvalue weighted by atomic mass is 16.1. The number of fused-ring (bicyclic) bond motifs is 1. The van der Waals surface area contributed by atoms with Crippen molar-refractivity contribution < 1.29 is 4.79 Å². The zero-order valence-electron chi connectivity index (χ0n) is 15.1. The molecule has 0 bridgehead atoms. The van der Waals surface area contributed by atoms with E-state index in [9.17, 15) is 4.79 Å². The molecule has 0 aliphatic carbocycles. The lowest BCUT2D eigenvalue weighted by molar-refractivity contribution is -0.120. The highest BCUT2D eigenvalue weighted by Crippen LogP contribution is 2.24. The third-order valence-corrected chi connectivity index (χ3v) is 4.86. The van der Waals surface area contributed by atoms with Crippen molar-refractivity contribution in [2.75, 3.05) is 23.3 Å². The van der Waals surface area contributed by atoms with E-state index in [-0.39, 0.29) is 11.8 Å². The van der Waals surface area contributed by atoms with Crippen molar-refractivity contribution in [3.05, 3.63) is 53.7 Å². The molecule has 0 radical (unpaired) electrons. The Kier molecular flexibility index (Phi) is 4.32. The highest BCUT2D eigenvalue weighted by molar-refractivity contribution is 5.93. The number of amides is 1. The van der Waals surface area contributed by atoms with Crippen LogP contribution in [0.15, 0.2) is 42.6 Å². The van der Waals surface area contributed by atoms with Gasteiger partial charge in [-0.2, -0.15) is 0 Å². The lowest BCUT2D eigenvalue weighted by atomic mass is 9.97. The van der Waals surface area contributed by atoms with E-state index in [1.807, 2.05) is 54.8 Å². The van der Waals surface area contributed by atoms with Gasteiger partial charge in [0.25, 0.3) is 0 Å². The summed E-state index contributed by atoms with van der Waals surface area (Å²) < 4.78 is 1.98. The predicted octanol–water partition coefficient (Wildman–Crippen LogP) is 3.20. The fourth-order valence-corrected chi connectivity index (χ4v) is 3.71. The Morgan fingerprint density at radius 1 is 1.15 bits per heavy atom. The standard InChI is InChI=1S/C20H23N5O/c1-14-10-15(2)12-17(11-14)21-19(26)16-6-5-8-24(13-16)20-23-22-18-7-3-4-9-25(18)20/h3-4,7,9-12,16H,5-6,8,13H2,1-2H3,(H,21,26)/t16-/m0/s1. The quantitative estimate of drug-likeness (QED) is 0.789. The molecule has 1 saturated heterocycles. The van der Waals surface area contributed by atoms with Gasteiger partial charge in [-0.05, 0) is 62.1 Å². The second-order valence-corrected chi connectivity index (χ2v) is 7.08. The van der Waals surface area contributed by atoms with E-state index in [1.54, 1.807) is 0 Å². The smallest absolute Gasteiger partial charge is 0.231 e. The number of rotatable bonds is 3. The topological polar surface area (TPSA) is 62.5 Å². The van der Waals surface area contributed by atoms with Gasteiger partial charge in [-0.1, -0.05) is 12.1 Å². The van der Waals surface area contributed by atoms with Gasteiger partial charge in [-0.25, -0.2) is 0 Å². The van der Waals surface area contributed by atoms with Crippen LogP contribution in [-0.4, -0.2) is 33.6 Å². The van der Waals surface area contributed by atoms with Crippen molar-refractivity contribution in [1.29, 1.82) is 0 Å². The molecule has 1 aromatic carbocycles. The number of aromatic nitrogens is 3. The summed E-state index contributed by atoms with van der Waals surface area (Å²) in [7, 11) is 0. The van der Waals surface area contributed by atoms with Gasteiger partial charge in [0.1, 0.15) is 0 Å². The molecule has 3 heterocycles. The van der Waals surface area contributed by atoms with Crippen LogP contribution in [0.2, 0.25) is 0 Å². The molecule has 4 rings (SSSR count). The Morgan fingerprint density at radius 2 is 1.96 bits per heavy atom. The molecule has 0 saturated carbocycles. The van der Waals surface area contributed by atoms with E-state index < -0.39 is 0 Å². The van der Waals surface area contributed by atoms with E-state index in [2.05, 4.69) is 26.5 Å². The van der Waals surface area contributed by atoms with Crippen LogP contribution in [0, 0.1) is 19.8 Å². The second kappa shape index (κ2) is 6.78. The number of carbonyl (C=O) groups is 1. The third kappa shape index (κ3) is 3.27. The first-order valence-corrected chi connectivity index (χ1v) is 9.04. The van der Waals surface area contributed by atoms with Gasteiger partial charge in [-0.15, -0.1) is 10.2 Å². The number of nitrogens with one attached hydrogen (secondary N) is 1. The van der Waals surface area contributed by atoms with Crippen molar-refractivity contribution in [2.45, 2.75) is 26.7 Å². The number of hydrogen-bond acceptors (Lipinski definition) is 4. The van der Waals surface area contributed by atoms with Crippen LogP contribution in [0.5, 0.6) is 0 Å². The second-order valence-electron chi connectivity index (χ2n) is 7.08. The van der Waals surface area contributed by atoms with Crippen LogP contribution < -0.4 is 10.2 Å². The maximum Gasteiger partial charge on any atom is 0.231 e. The molecule has 1 atom stereocenters. The Bertz CT molecular complexity index is 928. The predicted molar refractivity (Wildman–Crippen MR) is 102 cm³/mol. The molecule has 1 fully saturated rings. The molecule has 6 heteroatoms. The molecule has 0 unspecified atom stereocenters. The van der Waals surface area contributed by atoms with E-state index in [0.29, 0.717) is 6.54 Å². The largest absolute Gasteiger partial charge is 0.340 e. The minimum absolute atomic E-state index is 0.0550. The number of benzene rings is 1. The minimum Gasteiger partial charge on any atom is -0.340 e. The molecule has 1 aliphatic heterocycles. The Labute approximate surface area is 152 Å². The first-order chi connectivity index (χ1) is 12.6. The molecule has 1 amide bonds. The van der Waals surface area contributed by atoms with Crippen molar-refractivity contribution in [1.82, 2.24) is 14.6 Å². The van der Waals surface area contributed by atoms with Gasteiger partial charge in [0.15, 0.2) is 5.65 Å². The summed E-state index contributed by atoms with van der Waals surface area (Å²) in [6.07, 6.45) is 3.82. The van der Waals surface area contributed by atoms with Crippen molar-refractivity contribution in [3.63, 3.8) is 0 Å². The first kappa shape index (κ1) is 16.6. The number of hydrogen-bond donors (Lipinski definition) is 1. The van der Waals surface area contributed by atoms with E-state index >= 15 is 0 Å². The molecule has 6 nitrogen and oxygen atoms in total. The van der Waals surface area contributed by atoms with Crippen LogP contribution in [0.4, 0.5) is 11.6 Å². The molecule has 1 aliphatic rings. The molecular formula is C20H23N5O. The van der Waals surface area contributed by atoms with E-state index in [1.165, 1.54) is 0 Å². The summed E-state index contributed by atoms with van der Waals surface area (Å²) in [6.45, 7) is 5.64. The van der Waals surface area contributed by atoms with Crippen molar-refractivity contribution in [2.24, 2.45) is 5.92 Å². The lowest BCUT2D eigenvalue weighted by Gasteiger charge is -2.32.